The van der Waals surface area contributed by atoms with Gasteiger partial charge in [-0.3, -0.25) is 0 Å². The van der Waals surface area contributed by atoms with E-state index in [1.54, 1.807) is 0 Å². The maximum Gasteiger partial charge on any atom is 0.132 e. The fourth-order valence-corrected chi connectivity index (χ4v) is 3.03. The average Bonchev–Trinajstić information content (AvgIpc) is 2.55. The zero-order valence-electron chi connectivity index (χ0n) is 13.1. The van der Waals surface area contributed by atoms with Gasteiger partial charge < -0.3 is 10.0 Å². The van der Waals surface area contributed by atoms with Crippen LogP contribution >= 0.6 is 0 Å². The summed E-state index contributed by atoms with van der Waals surface area (Å²) in [6.45, 7) is 2.67. The highest BCUT2D eigenvalue weighted by molar-refractivity contribution is 5.51. The minimum absolute atomic E-state index is 0.161. The molecule has 1 N–H and O–H groups in total. The third-order valence-corrected chi connectivity index (χ3v) is 4.50. The lowest BCUT2D eigenvalue weighted by Gasteiger charge is -2.32. The summed E-state index contributed by atoms with van der Waals surface area (Å²) in [5.41, 5.74) is 4.64. The molecule has 0 aliphatic heterocycles. The zero-order chi connectivity index (χ0) is 16.1. The van der Waals surface area contributed by atoms with Crippen LogP contribution in [0.2, 0.25) is 0 Å². The Hall–Kier alpha value is -2.30. The summed E-state index contributed by atoms with van der Waals surface area (Å²) in [4.78, 5) is 2.10. The summed E-state index contributed by atoms with van der Waals surface area (Å²) in [5.74, 6) is 0.491. The molecule has 0 heterocycles. The number of aliphatic hydroxyl groups is 1. The van der Waals surface area contributed by atoms with Crippen LogP contribution < -0.4 is 0 Å². The minimum Gasteiger partial charge on any atom is -0.395 e. The number of rotatable bonds is 4. The van der Waals surface area contributed by atoms with Gasteiger partial charge in [0, 0.05) is 19.3 Å². The third-order valence-electron chi connectivity index (χ3n) is 4.50. The summed E-state index contributed by atoms with van der Waals surface area (Å²) >= 11 is 0. The Labute approximate surface area is 132 Å². The largest absolute Gasteiger partial charge is 0.395 e. The number of hydrogen-bond acceptors (Lipinski definition) is 4. The summed E-state index contributed by atoms with van der Waals surface area (Å²) in [5, 5.41) is 27.0. The second-order valence-corrected chi connectivity index (χ2v) is 5.80. The molecule has 2 aliphatic rings. The fraction of sp³-hybridized carbons (Fsp3) is 0.444. The lowest BCUT2D eigenvalue weighted by atomic mass is 9.78. The highest BCUT2D eigenvalue weighted by atomic mass is 16.3. The molecule has 4 nitrogen and oxygen atoms in total. The molecule has 114 valence electrons. The molecular weight excluding hydrogens is 274 g/mol. The Morgan fingerprint density at radius 1 is 1.36 bits per heavy atom. The minimum atomic E-state index is 0.161. The van der Waals surface area contributed by atoms with Crippen LogP contribution in [0.3, 0.4) is 0 Å². The molecule has 1 unspecified atom stereocenters. The van der Waals surface area contributed by atoms with Crippen LogP contribution in [-0.2, 0) is 0 Å². The molecule has 0 radical (unpaired) electrons. The smallest absolute Gasteiger partial charge is 0.132 e. The fourth-order valence-electron chi connectivity index (χ4n) is 3.03. The molecule has 2 rings (SSSR count). The van der Waals surface area contributed by atoms with Crippen molar-refractivity contribution in [1.29, 1.82) is 10.5 Å². The molecule has 2 aliphatic carbocycles. The summed E-state index contributed by atoms with van der Waals surface area (Å²) in [6.07, 6.45) is 9.29. The van der Waals surface area contributed by atoms with E-state index >= 15 is 0 Å². The van der Waals surface area contributed by atoms with Crippen molar-refractivity contribution < 1.29 is 5.11 Å². The standard InChI is InChI=1S/C18H21N3O/c1-13(17(11-19)12-20)14-3-4-16-10-18(21(2)7-8-22)6-5-15(16)9-14/h5-6,9,16,22H,3-4,7-8,10H2,1-2H3. The quantitative estimate of drug-likeness (QED) is 0.810. The zero-order valence-corrected chi connectivity index (χ0v) is 13.1. The van der Waals surface area contributed by atoms with Crippen LogP contribution in [0, 0.1) is 28.6 Å². The summed E-state index contributed by atoms with van der Waals surface area (Å²) in [6, 6.07) is 3.95. The first-order chi connectivity index (χ1) is 10.6. The second kappa shape index (κ2) is 7.11. The van der Waals surface area contributed by atoms with Gasteiger partial charge in [-0.2, -0.15) is 10.5 Å². The molecule has 0 amide bonds. The summed E-state index contributed by atoms with van der Waals surface area (Å²) < 4.78 is 0. The maximum atomic E-state index is 9.04. The lowest BCUT2D eigenvalue weighted by molar-refractivity contribution is 0.239. The topological polar surface area (TPSA) is 71.0 Å². The molecule has 0 aromatic carbocycles. The normalized spacial score (nSPS) is 19.7. The average molecular weight is 295 g/mol. The number of allylic oxidation sites excluding steroid dienone is 8. The van der Waals surface area contributed by atoms with Crippen molar-refractivity contribution in [3.05, 3.63) is 46.2 Å². The predicted octanol–water partition coefficient (Wildman–Crippen LogP) is 2.82. The van der Waals surface area contributed by atoms with Crippen molar-refractivity contribution in [1.82, 2.24) is 4.90 Å². The highest BCUT2D eigenvalue weighted by Crippen LogP contribution is 2.38. The highest BCUT2D eigenvalue weighted by Gasteiger charge is 2.24. The van der Waals surface area contributed by atoms with Crippen molar-refractivity contribution in [3.8, 4) is 12.1 Å². The molecule has 0 spiro atoms. The van der Waals surface area contributed by atoms with E-state index in [4.69, 9.17) is 15.6 Å². The molecular formula is C18H21N3O. The second-order valence-electron chi connectivity index (χ2n) is 5.80. The number of nitriles is 2. The number of hydrogen-bond donors (Lipinski definition) is 1. The van der Waals surface area contributed by atoms with Crippen LogP contribution in [0.1, 0.15) is 26.2 Å². The number of fused-ring (bicyclic) bond motifs is 1. The Morgan fingerprint density at radius 3 is 2.73 bits per heavy atom. The molecule has 0 saturated heterocycles. The van der Waals surface area contributed by atoms with E-state index in [9.17, 15) is 0 Å². The first kappa shape index (κ1) is 16.1. The van der Waals surface area contributed by atoms with Gasteiger partial charge in [0.05, 0.1) is 6.61 Å². The molecule has 0 aromatic heterocycles. The lowest BCUT2D eigenvalue weighted by Crippen LogP contribution is -2.25. The molecule has 0 fully saturated rings. The van der Waals surface area contributed by atoms with Gasteiger partial charge in [-0.05, 0) is 54.9 Å². The molecule has 0 saturated carbocycles. The van der Waals surface area contributed by atoms with E-state index in [0.29, 0.717) is 12.5 Å². The van der Waals surface area contributed by atoms with E-state index in [-0.39, 0.29) is 12.2 Å². The predicted molar refractivity (Wildman–Crippen MR) is 85.2 cm³/mol. The Balaban J connectivity index is 2.26. The van der Waals surface area contributed by atoms with Gasteiger partial charge in [-0.15, -0.1) is 0 Å². The molecule has 4 heteroatoms. The Kier molecular flexibility index (Phi) is 5.20. The molecule has 1 atom stereocenters. The van der Waals surface area contributed by atoms with E-state index in [2.05, 4.69) is 23.1 Å². The van der Waals surface area contributed by atoms with Gasteiger partial charge in [0.1, 0.15) is 17.7 Å². The van der Waals surface area contributed by atoms with Crippen molar-refractivity contribution in [2.24, 2.45) is 5.92 Å². The number of aliphatic hydroxyl groups excluding tert-OH is 1. The van der Waals surface area contributed by atoms with Crippen molar-refractivity contribution in [2.45, 2.75) is 26.2 Å². The van der Waals surface area contributed by atoms with Crippen molar-refractivity contribution >= 4 is 0 Å². The van der Waals surface area contributed by atoms with Crippen LogP contribution in [0.5, 0.6) is 0 Å². The van der Waals surface area contributed by atoms with Gasteiger partial charge in [-0.25, -0.2) is 0 Å². The van der Waals surface area contributed by atoms with Gasteiger partial charge in [0.15, 0.2) is 0 Å². The van der Waals surface area contributed by atoms with Crippen molar-refractivity contribution in [2.75, 3.05) is 20.2 Å². The van der Waals surface area contributed by atoms with Crippen LogP contribution in [-0.4, -0.2) is 30.2 Å². The van der Waals surface area contributed by atoms with Gasteiger partial charge in [0.2, 0.25) is 0 Å². The van der Waals surface area contributed by atoms with Crippen LogP contribution in [0.15, 0.2) is 46.2 Å². The van der Waals surface area contributed by atoms with Gasteiger partial charge >= 0.3 is 0 Å². The van der Waals surface area contributed by atoms with Crippen LogP contribution in [0.4, 0.5) is 0 Å². The number of likely N-dealkylation sites (N-methyl/N-ethyl adjacent to an activating group) is 1. The third kappa shape index (κ3) is 3.30. The van der Waals surface area contributed by atoms with Crippen LogP contribution in [0.25, 0.3) is 0 Å². The Bertz CT molecular complexity index is 637. The first-order valence-electron chi connectivity index (χ1n) is 7.55. The maximum absolute atomic E-state index is 9.04. The van der Waals surface area contributed by atoms with Crippen molar-refractivity contribution in [3.63, 3.8) is 0 Å². The molecule has 22 heavy (non-hydrogen) atoms. The number of nitrogens with zero attached hydrogens (tertiary/aromatic N) is 3. The monoisotopic (exact) mass is 295 g/mol. The van der Waals surface area contributed by atoms with E-state index in [0.717, 1.165) is 30.4 Å². The Morgan fingerprint density at radius 2 is 2.09 bits per heavy atom. The van der Waals surface area contributed by atoms with E-state index in [1.165, 1.54) is 11.3 Å². The van der Waals surface area contributed by atoms with E-state index < -0.39 is 0 Å². The van der Waals surface area contributed by atoms with Gasteiger partial charge in [0.25, 0.3) is 0 Å². The molecule has 0 aromatic rings. The van der Waals surface area contributed by atoms with E-state index in [1.807, 2.05) is 26.1 Å². The summed E-state index contributed by atoms with van der Waals surface area (Å²) in [7, 11) is 2.00. The van der Waals surface area contributed by atoms with Gasteiger partial charge in [-0.1, -0.05) is 12.2 Å². The first-order valence-corrected chi connectivity index (χ1v) is 7.55. The SMILES string of the molecule is CC(C1=CC2=CC=C(N(C)CCO)CC2CC1)=C(C#N)C#N. The molecule has 0 bridgehead atoms.